The zero-order chi connectivity index (χ0) is 20.9. The lowest BCUT2D eigenvalue weighted by molar-refractivity contribution is 0.649. The first-order valence-corrected chi connectivity index (χ1v) is 11.1. The van der Waals surface area contributed by atoms with Crippen LogP contribution in [0.2, 0.25) is 0 Å². The van der Waals surface area contributed by atoms with Gasteiger partial charge in [-0.25, -0.2) is 9.67 Å². The fraction of sp³-hybridized carbons (Fsp3) is 0.0800. The van der Waals surface area contributed by atoms with E-state index in [1.54, 1.807) is 11.8 Å². The highest BCUT2D eigenvalue weighted by Gasteiger charge is 2.15. The number of thioether (sulfide) groups is 1. The molecule has 0 saturated heterocycles. The van der Waals surface area contributed by atoms with Gasteiger partial charge in [0.15, 0.2) is 5.16 Å². The van der Waals surface area contributed by atoms with Crippen molar-refractivity contribution in [3.63, 3.8) is 0 Å². The standard InChI is InChI=1S/C25H21N5S/c1-4-10-19(11-5-1)16-30-17-22(28-29-30)18-31-25-26-23(20-12-6-2-7-13-20)24(27-25)21-14-8-3-9-15-21/h1-15,17H,16,18H2,(H,26,27). The molecule has 0 saturated carbocycles. The molecule has 0 unspecified atom stereocenters. The zero-order valence-corrected chi connectivity index (χ0v) is 17.7. The van der Waals surface area contributed by atoms with Gasteiger partial charge < -0.3 is 4.98 Å². The molecule has 5 nitrogen and oxygen atoms in total. The number of nitrogens with zero attached hydrogens (tertiary/aromatic N) is 4. The maximum atomic E-state index is 4.90. The van der Waals surface area contributed by atoms with Gasteiger partial charge in [0.05, 0.1) is 23.6 Å². The van der Waals surface area contributed by atoms with Crippen molar-refractivity contribution >= 4 is 11.8 Å². The maximum Gasteiger partial charge on any atom is 0.166 e. The van der Waals surface area contributed by atoms with Gasteiger partial charge in [-0.05, 0) is 5.56 Å². The highest BCUT2D eigenvalue weighted by atomic mass is 32.2. The molecule has 1 N–H and O–H groups in total. The molecule has 2 heterocycles. The van der Waals surface area contributed by atoms with Crippen molar-refractivity contribution in [2.24, 2.45) is 0 Å². The molecule has 5 aromatic rings. The molecule has 0 amide bonds. The van der Waals surface area contributed by atoms with Crippen LogP contribution in [0.3, 0.4) is 0 Å². The average molecular weight is 424 g/mol. The number of H-pyrrole nitrogens is 1. The van der Waals surface area contributed by atoms with Gasteiger partial charge in [0, 0.05) is 23.1 Å². The van der Waals surface area contributed by atoms with Crippen LogP contribution in [-0.2, 0) is 12.3 Å². The van der Waals surface area contributed by atoms with Gasteiger partial charge >= 0.3 is 0 Å². The van der Waals surface area contributed by atoms with Crippen LogP contribution in [-0.4, -0.2) is 25.0 Å². The van der Waals surface area contributed by atoms with E-state index in [9.17, 15) is 0 Å². The third-order valence-corrected chi connectivity index (χ3v) is 5.83. The predicted molar refractivity (Wildman–Crippen MR) is 125 cm³/mol. The second-order valence-corrected chi connectivity index (χ2v) is 8.14. The summed E-state index contributed by atoms with van der Waals surface area (Å²) in [5.74, 6) is 0.699. The highest BCUT2D eigenvalue weighted by Crippen LogP contribution is 2.33. The molecule has 6 heteroatoms. The van der Waals surface area contributed by atoms with Crippen LogP contribution in [0.15, 0.2) is 102 Å². The van der Waals surface area contributed by atoms with E-state index in [-0.39, 0.29) is 0 Å². The van der Waals surface area contributed by atoms with Crippen LogP contribution >= 0.6 is 11.8 Å². The van der Waals surface area contributed by atoms with Crippen molar-refractivity contribution in [2.45, 2.75) is 17.5 Å². The van der Waals surface area contributed by atoms with Crippen molar-refractivity contribution in [1.29, 1.82) is 0 Å². The minimum Gasteiger partial charge on any atom is -0.332 e. The van der Waals surface area contributed by atoms with Gasteiger partial charge in [-0.2, -0.15) is 0 Å². The van der Waals surface area contributed by atoms with Crippen LogP contribution in [0.25, 0.3) is 22.5 Å². The summed E-state index contributed by atoms with van der Waals surface area (Å²) in [5, 5.41) is 9.46. The van der Waals surface area contributed by atoms with Gasteiger partial charge in [0.25, 0.3) is 0 Å². The molecule has 0 atom stereocenters. The molecule has 0 spiro atoms. The summed E-state index contributed by atoms with van der Waals surface area (Å²) in [5.41, 5.74) is 6.34. The molecule has 152 valence electrons. The zero-order valence-electron chi connectivity index (χ0n) is 16.8. The van der Waals surface area contributed by atoms with E-state index >= 15 is 0 Å². The Morgan fingerprint density at radius 1 is 0.774 bits per heavy atom. The molecule has 0 aliphatic heterocycles. The van der Waals surface area contributed by atoms with E-state index < -0.39 is 0 Å². The summed E-state index contributed by atoms with van der Waals surface area (Å²) in [6.45, 7) is 0.718. The maximum absolute atomic E-state index is 4.90. The fourth-order valence-corrected chi connectivity index (χ4v) is 4.18. The Kier molecular flexibility index (Phi) is 5.62. The van der Waals surface area contributed by atoms with E-state index in [2.05, 4.69) is 51.7 Å². The fourth-order valence-electron chi connectivity index (χ4n) is 3.43. The topological polar surface area (TPSA) is 59.4 Å². The molecule has 0 radical (unpaired) electrons. The summed E-state index contributed by atoms with van der Waals surface area (Å²) < 4.78 is 1.87. The normalized spacial score (nSPS) is 11.0. The summed E-state index contributed by atoms with van der Waals surface area (Å²) in [7, 11) is 0. The van der Waals surface area contributed by atoms with Gasteiger partial charge in [-0.3, -0.25) is 0 Å². The van der Waals surface area contributed by atoms with Crippen LogP contribution in [0.5, 0.6) is 0 Å². The molecule has 0 aliphatic carbocycles. The van der Waals surface area contributed by atoms with E-state index in [1.807, 2.05) is 65.5 Å². The number of rotatable bonds is 7. The van der Waals surface area contributed by atoms with Crippen LogP contribution in [0, 0.1) is 0 Å². The Labute approximate surface area is 185 Å². The number of aromatic nitrogens is 5. The lowest BCUT2D eigenvalue weighted by atomic mass is 10.1. The van der Waals surface area contributed by atoms with Crippen LogP contribution < -0.4 is 0 Å². The van der Waals surface area contributed by atoms with Gasteiger partial charge in [0.1, 0.15) is 0 Å². The van der Waals surface area contributed by atoms with Crippen molar-refractivity contribution in [3.05, 3.63) is 108 Å². The van der Waals surface area contributed by atoms with Crippen molar-refractivity contribution in [2.75, 3.05) is 0 Å². The Morgan fingerprint density at radius 2 is 1.42 bits per heavy atom. The second-order valence-electron chi connectivity index (χ2n) is 7.18. The lowest BCUT2D eigenvalue weighted by Crippen LogP contribution is -1.99. The summed E-state index contributed by atoms with van der Waals surface area (Å²) in [4.78, 5) is 8.41. The Balaban J connectivity index is 1.35. The average Bonchev–Trinajstić information content (AvgIpc) is 3.46. The quantitative estimate of drug-likeness (QED) is 0.342. The first kappa shape index (κ1) is 19.3. The molecule has 31 heavy (non-hydrogen) atoms. The summed E-state index contributed by atoms with van der Waals surface area (Å²) in [6.07, 6.45) is 2.00. The van der Waals surface area contributed by atoms with Crippen molar-refractivity contribution in [3.8, 4) is 22.5 Å². The molecule has 0 aliphatic rings. The number of hydrogen-bond donors (Lipinski definition) is 1. The summed E-state index contributed by atoms with van der Waals surface area (Å²) in [6, 6.07) is 30.9. The number of aromatic amines is 1. The van der Waals surface area contributed by atoms with Crippen molar-refractivity contribution in [1.82, 2.24) is 25.0 Å². The Bertz CT molecular complexity index is 1190. The molecule has 0 fully saturated rings. The number of imidazole rings is 1. The molecular weight excluding hydrogens is 402 g/mol. The molecule has 3 aromatic carbocycles. The summed E-state index contributed by atoms with van der Waals surface area (Å²) >= 11 is 1.63. The third kappa shape index (κ3) is 4.59. The van der Waals surface area contributed by atoms with Crippen LogP contribution in [0.1, 0.15) is 11.3 Å². The van der Waals surface area contributed by atoms with Gasteiger partial charge in [0.2, 0.25) is 0 Å². The smallest absolute Gasteiger partial charge is 0.166 e. The number of nitrogens with one attached hydrogen (secondary N) is 1. The Hall–Kier alpha value is -3.64. The first-order chi connectivity index (χ1) is 15.3. The van der Waals surface area contributed by atoms with Gasteiger partial charge in [-0.1, -0.05) is 108 Å². The van der Waals surface area contributed by atoms with Crippen molar-refractivity contribution < 1.29 is 0 Å². The molecular formula is C25H21N5S. The van der Waals surface area contributed by atoms with Gasteiger partial charge in [-0.15, -0.1) is 5.10 Å². The minimum absolute atomic E-state index is 0.699. The van der Waals surface area contributed by atoms with E-state index in [1.165, 1.54) is 5.56 Å². The van der Waals surface area contributed by atoms with Crippen LogP contribution in [0.4, 0.5) is 0 Å². The lowest BCUT2D eigenvalue weighted by Gasteiger charge is -2.02. The third-order valence-electron chi connectivity index (χ3n) is 4.92. The monoisotopic (exact) mass is 423 g/mol. The molecule has 0 bridgehead atoms. The SMILES string of the molecule is c1ccc(Cn2cc(CSc3nc(-c4ccccc4)c(-c4ccccc4)[nH]3)nn2)cc1. The minimum atomic E-state index is 0.699. The number of hydrogen-bond acceptors (Lipinski definition) is 4. The van der Waals surface area contributed by atoms with E-state index in [0.29, 0.717) is 5.75 Å². The van der Waals surface area contributed by atoms with E-state index in [0.717, 1.165) is 39.9 Å². The molecule has 5 rings (SSSR count). The Morgan fingerprint density at radius 3 is 2.13 bits per heavy atom. The number of benzene rings is 3. The first-order valence-electron chi connectivity index (χ1n) is 10.1. The molecule has 2 aromatic heterocycles. The predicted octanol–water partition coefficient (Wildman–Crippen LogP) is 5.68. The highest BCUT2D eigenvalue weighted by molar-refractivity contribution is 7.98. The second kappa shape index (κ2) is 9.02. The van der Waals surface area contributed by atoms with E-state index in [4.69, 9.17) is 4.98 Å². The largest absolute Gasteiger partial charge is 0.332 e.